The largest absolute Gasteiger partial charge is 0.338 e. The Morgan fingerprint density at radius 3 is 2.95 bits per heavy atom. The van der Waals surface area contributed by atoms with Crippen molar-refractivity contribution in [3.05, 3.63) is 47.2 Å². The predicted molar refractivity (Wildman–Crippen MR) is 72.1 cm³/mol. The molecule has 19 heavy (non-hydrogen) atoms. The summed E-state index contributed by atoms with van der Waals surface area (Å²) in [6.07, 6.45) is 2.98. The number of amides is 1. The monoisotopic (exact) mass is 256 g/mol. The molecule has 1 aliphatic rings. The van der Waals surface area contributed by atoms with Gasteiger partial charge in [0.15, 0.2) is 0 Å². The van der Waals surface area contributed by atoms with Crippen LogP contribution in [0.25, 0.3) is 0 Å². The third kappa shape index (κ3) is 2.38. The summed E-state index contributed by atoms with van der Waals surface area (Å²) in [5.74, 6) is 0.965. The summed E-state index contributed by atoms with van der Waals surface area (Å²) in [6.45, 7) is 2.21. The first-order chi connectivity index (χ1) is 9.24. The number of fused-ring (bicyclic) bond motifs is 1. The van der Waals surface area contributed by atoms with Crippen molar-refractivity contribution in [1.82, 2.24) is 5.16 Å². The van der Waals surface area contributed by atoms with E-state index in [0.717, 1.165) is 30.5 Å². The fourth-order valence-corrected chi connectivity index (χ4v) is 2.45. The van der Waals surface area contributed by atoms with Crippen molar-refractivity contribution >= 4 is 11.8 Å². The average Bonchev–Trinajstić information content (AvgIpc) is 2.82. The average molecular weight is 256 g/mol. The molecule has 0 unspecified atom stereocenters. The number of aromatic nitrogens is 1. The lowest BCUT2D eigenvalue weighted by molar-refractivity contribution is 0.102. The zero-order valence-corrected chi connectivity index (χ0v) is 10.8. The van der Waals surface area contributed by atoms with Crippen molar-refractivity contribution in [1.29, 1.82) is 0 Å². The molecule has 0 saturated heterocycles. The maximum absolute atomic E-state index is 12.1. The smallest absolute Gasteiger partial charge is 0.258 e. The minimum absolute atomic E-state index is 0.155. The molecular weight excluding hydrogens is 240 g/mol. The van der Waals surface area contributed by atoms with Crippen molar-refractivity contribution in [3.8, 4) is 0 Å². The molecule has 1 heterocycles. The van der Waals surface area contributed by atoms with Crippen LogP contribution in [0.5, 0.6) is 0 Å². The van der Waals surface area contributed by atoms with Gasteiger partial charge in [-0.3, -0.25) is 10.1 Å². The third-order valence-corrected chi connectivity index (χ3v) is 3.56. The molecule has 4 heteroatoms. The molecule has 98 valence electrons. The number of hydrogen-bond acceptors (Lipinski definition) is 3. The van der Waals surface area contributed by atoms with Crippen LogP contribution < -0.4 is 5.32 Å². The van der Waals surface area contributed by atoms with E-state index in [1.165, 1.54) is 0 Å². The fraction of sp³-hybridized carbons (Fsp3) is 0.333. The third-order valence-electron chi connectivity index (χ3n) is 3.56. The van der Waals surface area contributed by atoms with Crippen molar-refractivity contribution in [3.63, 3.8) is 0 Å². The number of rotatable bonds is 2. The van der Waals surface area contributed by atoms with Gasteiger partial charge in [-0.15, -0.1) is 0 Å². The highest BCUT2D eigenvalue weighted by molar-refractivity contribution is 6.03. The SMILES string of the molecule is C[C@@H]1CCc2noc(NC(=O)c3ccccc3)c2C1. The number of carbonyl (C=O) groups is 1. The summed E-state index contributed by atoms with van der Waals surface area (Å²) < 4.78 is 5.28. The van der Waals surface area contributed by atoms with E-state index < -0.39 is 0 Å². The van der Waals surface area contributed by atoms with Crippen LogP contribution in [0, 0.1) is 5.92 Å². The van der Waals surface area contributed by atoms with Crippen LogP contribution in [0.3, 0.4) is 0 Å². The number of nitrogens with zero attached hydrogens (tertiary/aromatic N) is 1. The molecular formula is C15H16N2O2. The Balaban J connectivity index is 1.81. The molecule has 0 bridgehead atoms. The lowest BCUT2D eigenvalue weighted by Crippen LogP contribution is -2.15. The molecule has 1 aliphatic carbocycles. The van der Waals surface area contributed by atoms with E-state index in [4.69, 9.17) is 4.52 Å². The van der Waals surface area contributed by atoms with Crippen molar-refractivity contribution < 1.29 is 9.32 Å². The molecule has 1 aromatic heterocycles. The normalized spacial score (nSPS) is 17.8. The van der Waals surface area contributed by atoms with Crippen LogP contribution in [0.15, 0.2) is 34.9 Å². The van der Waals surface area contributed by atoms with Crippen LogP contribution in [0.2, 0.25) is 0 Å². The molecule has 1 N–H and O–H groups in total. The standard InChI is InChI=1S/C15H16N2O2/c1-10-7-8-13-12(9-10)15(19-17-13)16-14(18)11-5-3-2-4-6-11/h2-6,10H,7-9H2,1H3,(H,16,18)/t10-/m1/s1. The number of benzene rings is 1. The summed E-state index contributed by atoms with van der Waals surface area (Å²) in [4.78, 5) is 12.1. The number of hydrogen-bond donors (Lipinski definition) is 1. The molecule has 0 spiro atoms. The van der Waals surface area contributed by atoms with Gasteiger partial charge in [-0.2, -0.15) is 0 Å². The molecule has 0 radical (unpaired) electrons. The zero-order chi connectivity index (χ0) is 13.2. The van der Waals surface area contributed by atoms with E-state index >= 15 is 0 Å². The van der Waals surface area contributed by atoms with Gasteiger partial charge in [0.25, 0.3) is 5.91 Å². The van der Waals surface area contributed by atoms with E-state index in [9.17, 15) is 4.79 Å². The van der Waals surface area contributed by atoms with E-state index in [2.05, 4.69) is 17.4 Å². The topological polar surface area (TPSA) is 55.1 Å². The van der Waals surface area contributed by atoms with Gasteiger partial charge in [0.1, 0.15) is 0 Å². The molecule has 4 nitrogen and oxygen atoms in total. The van der Waals surface area contributed by atoms with Crippen LogP contribution in [-0.4, -0.2) is 11.1 Å². The second kappa shape index (κ2) is 4.88. The van der Waals surface area contributed by atoms with Crippen LogP contribution in [0.1, 0.15) is 35.0 Å². The molecule has 0 aliphatic heterocycles. The number of aryl methyl sites for hydroxylation is 1. The Hall–Kier alpha value is -2.10. The number of nitrogens with one attached hydrogen (secondary N) is 1. The Morgan fingerprint density at radius 1 is 1.37 bits per heavy atom. The first kappa shape index (κ1) is 12.0. The Bertz CT molecular complexity index is 589. The Labute approximate surface area is 111 Å². The maximum atomic E-state index is 12.1. The predicted octanol–water partition coefficient (Wildman–Crippen LogP) is 3.05. The molecule has 1 amide bonds. The molecule has 1 atom stereocenters. The maximum Gasteiger partial charge on any atom is 0.258 e. The summed E-state index contributed by atoms with van der Waals surface area (Å²) >= 11 is 0. The second-order valence-electron chi connectivity index (χ2n) is 5.11. The van der Waals surface area contributed by atoms with Gasteiger partial charge < -0.3 is 4.52 Å². The van der Waals surface area contributed by atoms with Crippen molar-refractivity contribution in [2.75, 3.05) is 5.32 Å². The number of anilines is 1. The Kier molecular flexibility index (Phi) is 3.07. The van der Waals surface area contributed by atoms with Crippen LogP contribution in [0.4, 0.5) is 5.88 Å². The van der Waals surface area contributed by atoms with Crippen molar-refractivity contribution in [2.24, 2.45) is 5.92 Å². The summed E-state index contributed by atoms with van der Waals surface area (Å²) in [5, 5.41) is 6.87. The minimum Gasteiger partial charge on any atom is -0.338 e. The van der Waals surface area contributed by atoms with Gasteiger partial charge in [0.05, 0.1) is 5.69 Å². The van der Waals surface area contributed by atoms with E-state index in [1.54, 1.807) is 12.1 Å². The van der Waals surface area contributed by atoms with Gasteiger partial charge in [0, 0.05) is 11.1 Å². The molecule has 0 saturated carbocycles. The van der Waals surface area contributed by atoms with E-state index in [0.29, 0.717) is 17.4 Å². The van der Waals surface area contributed by atoms with Gasteiger partial charge >= 0.3 is 0 Å². The fourth-order valence-electron chi connectivity index (χ4n) is 2.45. The van der Waals surface area contributed by atoms with Gasteiger partial charge in [0.2, 0.25) is 5.88 Å². The minimum atomic E-state index is -0.155. The first-order valence-corrected chi connectivity index (χ1v) is 6.58. The highest BCUT2D eigenvalue weighted by Crippen LogP contribution is 2.30. The van der Waals surface area contributed by atoms with Crippen molar-refractivity contribution in [2.45, 2.75) is 26.2 Å². The lowest BCUT2D eigenvalue weighted by atomic mass is 9.89. The quantitative estimate of drug-likeness (QED) is 0.898. The highest BCUT2D eigenvalue weighted by atomic mass is 16.5. The number of carbonyl (C=O) groups excluding carboxylic acids is 1. The van der Waals surface area contributed by atoms with Gasteiger partial charge in [-0.05, 0) is 37.3 Å². The molecule has 3 rings (SSSR count). The molecule has 1 aromatic carbocycles. The van der Waals surface area contributed by atoms with Gasteiger partial charge in [-0.25, -0.2) is 0 Å². The van der Waals surface area contributed by atoms with E-state index in [1.807, 2.05) is 18.2 Å². The lowest BCUT2D eigenvalue weighted by Gasteiger charge is -2.16. The summed E-state index contributed by atoms with van der Waals surface area (Å²) in [5.41, 5.74) is 2.67. The van der Waals surface area contributed by atoms with Crippen LogP contribution in [-0.2, 0) is 12.8 Å². The zero-order valence-electron chi connectivity index (χ0n) is 10.8. The van der Waals surface area contributed by atoms with Gasteiger partial charge in [-0.1, -0.05) is 30.3 Å². The summed E-state index contributed by atoms with van der Waals surface area (Å²) in [7, 11) is 0. The molecule has 2 aromatic rings. The van der Waals surface area contributed by atoms with Crippen LogP contribution >= 0.6 is 0 Å². The molecule has 0 fully saturated rings. The summed E-state index contributed by atoms with van der Waals surface area (Å²) in [6, 6.07) is 9.12. The highest BCUT2D eigenvalue weighted by Gasteiger charge is 2.24. The second-order valence-corrected chi connectivity index (χ2v) is 5.11. The first-order valence-electron chi connectivity index (χ1n) is 6.58. The van der Waals surface area contributed by atoms with E-state index in [-0.39, 0.29) is 5.91 Å². The Morgan fingerprint density at radius 2 is 2.16 bits per heavy atom.